The van der Waals surface area contributed by atoms with Crippen LogP contribution in [0.25, 0.3) is 11.0 Å². The van der Waals surface area contributed by atoms with Gasteiger partial charge in [0.15, 0.2) is 11.5 Å². The number of hydrogen-bond donors (Lipinski definition) is 2. The van der Waals surface area contributed by atoms with E-state index in [1.54, 1.807) is 19.4 Å². The zero-order chi connectivity index (χ0) is 24.6. The summed E-state index contributed by atoms with van der Waals surface area (Å²) in [7, 11) is 1.56. The zero-order valence-electron chi connectivity index (χ0n) is 20.3. The van der Waals surface area contributed by atoms with Crippen molar-refractivity contribution < 1.29 is 19.3 Å². The van der Waals surface area contributed by atoms with Crippen molar-refractivity contribution >= 4 is 22.6 Å². The number of methoxy groups -OCH3 is 1. The molecule has 36 heavy (non-hydrogen) atoms. The maximum atomic E-state index is 11.3. The third-order valence-electron chi connectivity index (χ3n) is 7.69. The van der Waals surface area contributed by atoms with E-state index in [0.29, 0.717) is 65.4 Å². The molecule has 9 heteroatoms. The molecule has 190 valence electrons. The van der Waals surface area contributed by atoms with Crippen molar-refractivity contribution in [3.8, 4) is 17.4 Å². The van der Waals surface area contributed by atoms with Crippen LogP contribution in [0, 0.1) is 0 Å². The topological polar surface area (TPSA) is 89.0 Å². The lowest BCUT2D eigenvalue weighted by molar-refractivity contribution is 0.0521. The number of nitrogens with one attached hydrogen (secondary N) is 1. The van der Waals surface area contributed by atoms with Crippen LogP contribution in [0.4, 0.5) is 0 Å². The van der Waals surface area contributed by atoms with Gasteiger partial charge in [-0.2, -0.15) is 0 Å². The minimum Gasteiger partial charge on any atom is -0.486 e. The van der Waals surface area contributed by atoms with Gasteiger partial charge in [0.25, 0.3) is 0 Å². The fourth-order valence-electron chi connectivity index (χ4n) is 5.96. The average Bonchev–Trinajstić information content (AvgIpc) is 3.13. The van der Waals surface area contributed by atoms with Gasteiger partial charge in [0, 0.05) is 41.8 Å². The first-order chi connectivity index (χ1) is 17.6. The minimum absolute atomic E-state index is 0.406. The maximum Gasteiger partial charge on any atom is 0.232 e. The van der Waals surface area contributed by atoms with Crippen LogP contribution < -0.4 is 19.5 Å². The molecule has 0 amide bonds. The van der Waals surface area contributed by atoms with Crippen molar-refractivity contribution in [3.63, 3.8) is 0 Å². The lowest BCUT2D eigenvalue weighted by Gasteiger charge is -2.40. The smallest absolute Gasteiger partial charge is 0.232 e. The molecule has 2 aromatic carbocycles. The highest BCUT2D eigenvalue weighted by Gasteiger charge is 2.41. The lowest BCUT2D eigenvalue weighted by atomic mass is 9.95. The number of rotatable bonds is 7. The molecule has 3 unspecified atom stereocenters. The molecule has 2 saturated heterocycles. The molecule has 6 rings (SSSR count). The predicted octanol–water partition coefficient (Wildman–Crippen LogP) is 3.88. The van der Waals surface area contributed by atoms with Crippen molar-refractivity contribution in [2.75, 3.05) is 26.9 Å². The van der Waals surface area contributed by atoms with Gasteiger partial charge in [-0.25, -0.2) is 9.97 Å². The summed E-state index contributed by atoms with van der Waals surface area (Å²) in [5.41, 5.74) is 3.11. The Labute approximate surface area is 215 Å². The van der Waals surface area contributed by atoms with Gasteiger partial charge < -0.3 is 24.6 Å². The van der Waals surface area contributed by atoms with Gasteiger partial charge in [0.1, 0.15) is 18.7 Å². The molecular weight excluding hydrogens is 480 g/mol. The molecule has 0 spiro atoms. The number of halogens is 1. The molecule has 3 aliphatic heterocycles. The van der Waals surface area contributed by atoms with E-state index >= 15 is 0 Å². The molecule has 0 aliphatic carbocycles. The summed E-state index contributed by atoms with van der Waals surface area (Å²) >= 11 is 6.55. The second-order valence-electron chi connectivity index (χ2n) is 9.87. The van der Waals surface area contributed by atoms with Gasteiger partial charge in [-0.3, -0.25) is 4.90 Å². The molecule has 8 nitrogen and oxygen atoms in total. The normalized spacial score (nSPS) is 24.1. The molecule has 2 N–H and O–H groups in total. The summed E-state index contributed by atoms with van der Waals surface area (Å²) in [6.07, 6.45) is 5.24. The quantitative estimate of drug-likeness (QED) is 0.495. The van der Waals surface area contributed by atoms with Gasteiger partial charge >= 0.3 is 0 Å². The first-order valence-corrected chi connectivity index (χ1v) is 13.0. The molecule has 4 heterocycles. The number of aromatic nitrogens is 2. The largest absolute Gasteiger partial charge is 0.486 e. The number of benzene rings is 2. The van der Waals surface area contributed by atoms with Gasteiger partial charge in [0.2, 0.25) is 5.88 Å². The first-order valence-electron chi connectivity index (χ1n) is 12.6. The maximum absolute atomic E-state index is 11.3. The number of fused-ring (bicyclic) bond motifs is 4. The van der Waals surface area contributed by atoms with E-state index in [-0.39, 0.29) is 0 Å². The van der Waals surface area contributed by atoms with Gasteiger partial charge in [-0.05, 0) is 55.5 Å². The number of nitrogens with zero attached hydrogens (tertiary/aromatic N) is 3. The molecule has 2 fully saturated rings. The first kappa shape index (κ1) is 23.7. The number of piperidine rings is 1. The molecule has 2 bridgehead atoms. The Morgan fingerprint density at radius 3 is 2.69 bits per heavy atom. The van der Waals surface area contributed by atoms with E-state index in [1.165, 1.54) is 5.56 Å². The van der Waals surface area contributed by atoms with Crippen molar-refractivity contribution in [1.29, 1.82) is 0 Å². The van der Waals surface area contributed by atoms with Crippen LogP contribution in [0.2, 0.25) is 5.02 Å². The van der Waals surface area contributed by atoms with Crippen LogP contribution in [-0.4, -0.2) is 65.0 Å². The van der Waals surface area contributed by atoms with Crippen LogP contribution in [0.3, 0.4) is 0 Å². The molecule has 1 aromatic heterocycles. The average molecular weight is 511 g/mol. The van der Waals surface area contributed by atoms with Crippen molar-refractivity contribution in [2.24, 2.45) is 0 Å². The van der Waals surface area contributed by atoms with E-state index in [9.17, 15) is 5.11 Å². The third-order valence-corrected chi connectivity index (χ3v) is 8.02. The van der Waals surface area contributed by atoms with Gasteiger partial charge in [-0.15, -0.1) is 0 Å². The fourth-order valence-corrected chi connectivity index (χ4v) is 6.24. The lowest BCUT2D eigenvalue weighted by Crippen LogP contribution is -2.50. The number of ether oxygens (including phenoxy) is 3. The molecule has 3 atom stereocenters. The molecular formula is C27H31ClN4O4. The Balaban J connectivity index is 1.12. The Kier molecular flexibility index (Phi) is 6.60. The van der Waals surface area contributed by atoms with E-state index in [4.69, 9.17) is 25.8 Å². The van der Waals surface area contributed by atoms with E-state index in [1.807, 2.05) is 12.1 Å². The number of aliphatic hydroxyl groups is 1. The molecule has 0 saturated carbocycles. The number of hydrogen-bond acceptors (Lipinski definition) is 8. The monoisotopic (exact) mass is 510 g/mol. The highest BCUT2D eigenvalue weighted by atomic mass is 35.5. The Hall–Kier alpha value is -2.65. The van der Waals surface area contributed by atoms with E-state index in [2.05, 4.69) is 32.3 Å². The van der Waals surface area contributed by atoms with Crippen molar-refractivity contribution in [1.82, 2.24) is 20.2 Å². The fraction of sp³-hybridized carbons (Fsp3) is 0.481. The van der Waals surface area contributed by atoms with Crippen LogP contribution in [0.1, 0.15) is 42.9 Å². The van der Waals surface area contributed by atoms with E-state index in [0.717, 1.165) is 43.7 Å². The molecule has 3 aromatic rings. The second kappa shape index (κ2) is 10.0. The molecule has 3 aliphatic rings. The van der Waals surface area contributed by atoms with Gasteiger partial charge in [-0.1, -0.05) is 17.7 Å². The summed E-state index contributed by atoms with van der Waals surface area (Å²) in [4.78, 5) is 11.4. The highest BCUT2D eigenvalue weighted by molar-refractivity contribution is 6.32. The zero-order valence-corrected chi connectivity index (χ0v) is 21.1. The van der Waals surface area contributed by atoms with Crippen LogP contribution in [0.15, 0.2) is 36.5 Å². The van der Waals surface area contributed by atoms with Crippen LogP contribution in [-0.2, 0) is 6.54 Å². The minimum atomic E-state index is -0.757. The van der Waals surface area contributed by atoms with Crippen LogP contribution >= 0.6 is 11.6 Å². The van der Waals surface area contributed by atoms with E-state index < -0.39 is 6.10 Å². The summed E-state index contributed by atoms with van der Waals surface area (Å²) in [6.45, 7) is 2.54. The third kappa shape index (κ3) is 4.59. The summed E-state index contributed by atoms with van der Waals surface area (Å²) in [5.74, 6) is 2.06. The van der Waals surface area contributed by atoms with Crippen LogP contribution in [0.5, 0.6) is 17.4 Å². The van der Waals surface area contributed by atoms with Gasteiger partial charge in [0.05, 0.1) is 24.9 Å². The molecule has 0 radical (unpaired) electrons. The SMILES string of the molecule is COc1cnc2ccc(Cl)c(C(O)CN3C4CCC3CC(NCc3ccc5c(c3)OCCO5)C4)c2n1. The standard InChI is InChI=1S/C27H31ClN4O4/c1-34-25-14-30-21-6-5-20(28)26(27(21)31-25)22(33)15-32-18-3-4-19(32)12-17(11-18)29-13-16-2-7-23-24(10-16)36-9-8-35-23/h2,5-7,10,14,17-19,22,29,33H,3-4,8-9,11-13,15H2,1H3. The summed E-state index contributed by atoms with van der Waals surface area (Å²) in [6, 6.07) is 11.1. The van der Waals surface area contributed by atoms with Crippen molar-refractivity contribution in [3.05, 3.63) is 52.7 Å². The second-order valence-corrected chi connectivity index (χ2v) is 10.3. The Morgan fingerprint density at radius 2 is 1.92 bits per heavy atom. The van der Waals surface area contributed by atoms with Crippen molar-refractivity contribution in [2.45, 2.75) is 56.5 Å². The predicted molar refractivity (Wildman–Crippen MR) is 137 cm³/mol. The Morgan fingerprint density at radius 1 is 1.14 bits per heavy atom. The summed E-state index contributed by atoms with van der Waals surface area (Å²) in [5, 5.41) is 15.6. The number of aliphatic hydroxyl groups excluding tert-OH is 1. The highest BCUT2D eigenvalue weighted by Crippen LogP contribution is 2.39. The summed E-state index contributed by atoms with van der Waals surface area (Å²) < 4.78 is 16.6. The Bertz CT molecular complexity index is 1240.